The zero-order valence-electron chi connectivity index (χ0n) is 18.0. The van der Waals surface area contributed by atoms with Crippen molar-refractivity contribution in [1.29, 1.82) is 0 Å². The summed E-state index contributed by atoms with van der Waals surface area (Å²) in [5, 5.41) is 4.65. The zero-order valence-corrected chi connectivity index (χ0v) is 19.5. The SMILES string of the molecule is Cn1ncc(Cl)c1-c1cc(N(Cl)C(=O)c2ccc(F)cc2)ccc1OCCN1CCOCC1. The van der Waals surface area contributed by atoms with Crippen LogP contribution in [0.3, 0.4) is 0 Å². The molecule has 0 N–H and O–H groups in total. The van der Waals surface area contributed by atoms with Crippen molar-refractivity contribution >= 4 is 35.0 Å². The lowest BCUT2D eigenvalue weighted by molar-refractivity contribution is 0.0323. The molecule has 2 heterocycles. The Morgan fingerprint density at radius 1 is 1.21 bits per heavy atom. The van der Waals surface area contributed by atoms with Gasteiger partial charge in [0.1, 0.15) is 18.2 Å². The van der Waals surface area contributed by atoms with E-state index in [1.807, 2.05) is 0 Å². The van der Waals surface area contributed by atoms with Crippen LogP contribution >= 0.6 is 23.4 Å². The molecule has 0 aliphatic carbocycles. The van der Waals surface area contributed by atoms with Crippen LogP contribution in [0.15, 0.2) is 48.7 Å². The average molecular weight is 493 g/mol. The number of halogens is 3. The molecule has 3 aromatic rings. The molecule has 7 nitrogen and oxygen atoms in total. The van der Waals surface area contributed by atoms with Crippen LogP contribution in [0.5, 0.6) is 5.75 Å². The second-order valence-electron chi connectivity index (χ2n) is 7.54. The number of amides is 1. The van der Waals surface area contributed by atoms with Crippen LogP contribution in [-0.4, -0.2) is 60.0 Å². The molecule has 4 rings (SSSR count). The first kappa shape index (κ1) is 23.5. The van der Waals surface area contributed by atoms with E-state index in [2.05, 4.69) is 10.00 Å². The molecule has 2 aromatic carbocycles. The number of hydrogen-bond acceptors (Lipinski definition) is 5. The number of carbonyl (C=O) groups excluding carboxylic acids is 1. The van der Waals surface area contributed by atoms with Gasteiger partial charge in [-0.25, -0.2) is 8.81 Å². The summed E-state index contributed by atoms with van der Waals surface area (Å²) in [5.74, 6) is -0.323. The topological polar surface area (TPSA) is 59.8 Å². The fourth-order valence-corrected chi connectivity index (χ4v) is 4.07. The van der Waals surface area contributed by atoms with Crippen LogP contribution < -0.4 is 9.16 Å². The maximum absolute atomic E-state index is 13.2. The van der Waals surface area contributed by atoms with Crippen LogP contribution in [0, 0.1) is 5.82 Å². The molecule has 1 fully saturated rings. The number of rotatable bonds is 7. The Labute approximate surface area is 201 Å². The molecule has 33 heavy (non-hydrogen) atoms. The molecule has 0 radical (unpaired) electrons. The van der Waals surface area contributed by atoms with Gasteiger partial charge >= 0.3 is 0 Å². The van der Waals surface area contributed by atoms with Crippen molar-refractivity contribution in [1.82, 2.24) is 14.7 Å². The van der Waals surface area contributed by atoms with Crippen molar-refractivity contribution in [2.75, 3.05) is 43.9 Å². The van der Waals surface area contributed by atoms with E-state index in [0.717, 1.165) is 37.3 Å². The number of ether oxygens (including phenoxy) is 2. The first-order chi connectivity index (χ1) is 15.9. The summed E-state index contributed by atoms with van der Waals surface area (Å²) in [6.07, 6.45) is 1.54. The molecule has 10 heteroatoms. The Bertz CT molecular complexity index is 1100. The van der Waals surface area contributed by atoms with Crippen LogP contribution in [-0.2, 0) is 11.8 Å². The standard InChI is InChI=1S/C23H23Cl2FN4O3/c1-28-22(20(24)15-27-28)19-14-18(30(25)23(31)16-2-4-17(26)5-3-16)6-7-21(19)33-13-10-29-8-11-32-12-9-29/h2-7,14-15H,8-13H2,1H3. The van der Waals surface area contributed by atoms with E-state index in [4.69, 9.17) is 32.9 Å². The van der Waals surface area contributed by atoms with Gasteiger partial charge in [0, 0.05) is 49.6 Å². The predicted octanol–water partition coefficient (Wildman–Crippen LogP) is 4.39. The Morgan fingerprint density at radius 2 is 1.94 bits per heavy atom. The van der Waals surface area contributed by atoms with Gasteiger partial charge in [-0.05, 0) is 42.5 Å². The van der Waals surface area contributed by atoms with Crippen LogP contribution in [0.1, 0.15) is 10.4 Å². The van der Waals surface area contributed by atoms with Crippen molar-refractivity contribution in [3.63, 3.8) is 0 Å². The highest BCUT2D eigenvalue weighted by molar-refractivity contribution is 6.39. The second-order valence-corrected chi connectivity index (χ2v) is 8.29. The van der Waals surface area contributed by atoms with Crippen molar-refractivity contribution in [2.24, 2.45) is 7.05 Å². The van der Waals surface area contributed by atoms with E-state index in [1.165, 1.54) is 24.3 Å². The van der Waals surface area contributed by atoms with Crippen molar-refractivity contribution in [3.8, 4) is 17.0 Å². The van der Waals surface area contributed by atoms with Crippen LogP contribution in [0.4, 0.5) is 10.1 Å². The van der Waals surface area contributed by atoms with Gasteiger partial charge in [0.15, 0.2) is 0 Å². The van der Waals surface area contributed by atoms with Gasteiger partial charge in [0.25, 0.3) is 5.91 Å². The van der Waals surface area contributed by atoms with Gasteiger partial charge in [0.05, 0.1) is 35.8 Å². The van der Waals surface area contributed by atoms with Crippen molar-refractivity contribution in [3.05, 3.63) is 65.1 Å². The first-order valence-electron chi connectivity index (χ1n) is 10.4. The molecule has 0 unspecified atom stereocenters. The number of nitrogens with zero attached hydrogens (tertiary/aromatic N) is 4. The van der Waals surface area contributed by atoms with Gasteiger partial charge in [0.2, 0.25) is 0 Å². The first-order valence-corrected chi connectivity index (χ1v) is 11.2. The lowest BCUT2D eigenvalue weighted by atomic mass is 10.1. The molecule has 1 saturated heterocycles. The fraction of sp³-hybridized carbons (Fsp3) is 0.304. The summed E-state index contributed by atoms with van der Waals surface area (Å²) in [4.78, 5) is 15.1. The highest BCUT2D eigenvalue weighted by Gasteiger charge is 2.21. The third-order valence-electron chi connectivity index (χ3n) is 5.38. The molecule has 1 aliphatic heterocycles. The second kappa shape index (κ2) is 10.5. The largest absolute Gasteiger partial charge is 0.492 e. The zero-order chi connectivity index (χ0) is 23.4. The predicted molar refractivity (Wildman–Crippen MR) is 125 cm³/mol. The van der Waals surface area contributed by atoms with E-state index in [1.54, 1.807) is 36.1 Å². The van der Waals surface area contributed by atoms with Gasteiger partial charge in [-0.15, -0.1) is 0 Å². The van der Waals surface area contributed by atoms with Gasteiger partial charge in [-0.1, -0.05) is 11.6 Å². The number of aromatic nitrogens is 2. The number of benzene rings is 2. The lowest BCUT2D eigenvalue weighted by Crippen LogP contribution is -2.38. The smallest absolute Gasteiger partial charge is 0.272 e. The molecule has 0 bridgehead atoms. The summed E-state index contributed by atoms with van der Waals surface area (Å²) in [6, 6.07) is 10.4. The van der Waals surface area contributed by atoms with Gasteiger partial charge < -0.3 is 9.47 Å². The molecule has 174 valence electrons. The maximum atomic E-state index is 13.2. The maximum Gasteiger partial charge on any atom is 0.272 e. The minimum Gasteiger partial charge on any atom is -0.492 e. The third-order valence-corrected chi connectivity index (χ3v) is 6.00. The number of aryl methyl sites for hydroxylation is 1. The third kappa shape index (κ3) is 5.47. The molecule has 0 atom stereocenters. The summed E-state index contributed by atoms with van der Waals surface area (Å²) in [7, 11) is 1.77. The monoisotopic (exact) mass is 492 g/mol. The normalized spacial score (nSPS) is 14.3. The number of carbonyl (C=O) groups is 1. The quantitative estimate of drug-likeness (QED) is 0.457. The highest BCUT2D eigenvalue weighted by atomic mass is 35.5. The summed E-state index contributed by atoms with van der Waals surface area (Å²) < 4.78 is 27.3. The number of anilines is 1. The highest BCUT2D eigenvalue weighted by Crippen LogP contribution is 2.38. The van der Waals surface area contributed by atoms with E-state index in [0.29, 0.717) is 34.3 Å². The van der Waals surface area contributed by atoms with E-state index in [-0.39, 0.29) is 5.56 Å². The van der Waals surface area contributed by atoms with E-state index >= 15 is 0 Å². The van der Waals surface area contributed by atoms with Crippen molar-refractivity contribution in [2.45, 2.75) is 0 Å². The molecule has 1 aromatic heterocycles. The van der Waals surface area contributed by atoms with Crippen LogP contribution in [0.2, 0.25) is 5.02 Å². The number of hydrogen-bond donors (Lipinski definition) is 0. The molecular weight excluding hydrogens is 470 g/mol. The fourth-order valence-electron chi connectivity index (χ4n) is 3.60. The minimum absolute atomic E-state index is 0.261. The molecule has 0 spiro atoms. The van der Waals surface area contributed by atoms with Crippen LogP contribution in [0.25, 0.3) is 11.3 Å². The summed E-state index contributed by atoms with van der Waals surface area (Å²) >= 11 is 12.8. The molecule has 1 aliphatic rings. The van der Waals surface area contributed by atoms with E-state index < -0.39 is 11.7 Å². The Kier molecular flexibility index (Phi) is 7.49. The molecule has 1 amide bonds. The Morgan fingerprint density at radius 3 is 2.61 bits per heavy atom. The minimum atomic E-state index is -0.486. The van der Waals surface area contributed by atoms with Gasteiger partial charge in [-0.3, -0.25) is 14.4 Å². The van der Waals surface area contributed by atoms with Crippen molar-refractivity contribution < 1.29 is 18.7 Å². The molecule has 0 saturated carbocycles. The summed E-state index contributed by atoms with van der Waals surface area (Å²) in [5.41, 5.74) is 1.97. The van der Waals surface area contributed by atoms with E-state index in [9.17, 15) is 9.18 Å². The molecular formula is C23H23Cl2FN4O3. The Balaban J connectivity index is 1.59. The van der Waals surface area contributed by atoms with Gasteiger partial charge in [-0.2, -0.15) is 5.10 Å². The number of morpholine rings is 1. The Hall–Kier alpha value is -2.65. The average Bonchev–Trinajstić information content (AvgIpc) is 3.17. The lowest BCUT2D eigenvalue weighted by Gasteiger charge is -2.26. The summed E-state index contributed by atoms with van der Waals surface area (Å²) in [6.45, 7) is 4.41.